The molecule has 0 aromatic heterocycles. The number of hydrogen-bond acceptors (Lipinski definition) is 4. The molecule has 0 saturated heterocycles. The van der Waals surface area contributed by atoms with Crippen LogP contribution < -0.4 is 4.74 Å². The normalized spacial score (nSPS) is 11.4. The predicted octanol–water partition coefficient (Wildman–Crippen LogP) is 13.6. The van der Waals surface area contributed by atoms with E-state index in [4.69, 9.17) is 4.74 Å². The first kappa shape index (κ1) is 36.7. The fraction of sp³-hybridized carbons (Fsp3) is 0.667. The fourth-order valence-corrected chi connectivity index (χ4v) is 5.53. The highest BCUT2D eigenvalue weighted by atomic mass is 16.5. The Morgan fingerprint density at radius 2 is 0.860 bits per heavy atom. The number of aryl methyl sites for hydroxylation is 1. The van der Waals surface area contributed by atoms with Crippen molar-refractivity contribution >= 4 is 17.3 Å². The van der Waals surface area contributed by atoms with Crippen molar-refractivity contribution in [1.29, 1.82) is 0 Å². The van der Waals surface area contributed by atoms with E-state index >= 15 is 0 Å². The van der Waals surface area contributed by atoms with E-state index in [0.29, 0.717) is 12.2 Å². The SMILES string of the molecule is CCCCCCCCCCCCCCCCCCC(=O)Oc1ccc(N=Nc2ccc(CCCCCCCC)cc2)cc1. The van der Waals surface area contributed by atoms with Crippen LogP contribution in [-0.4, -0.2) is 5.97 Å². The number of benzene rings is 2. The average molecular weight is 591 g/mol. The number of esters is 1. The topological polar surface area (TPSA) is 51.0 Å². The van der Waals surface area contributed by atoms with Gasteiger partial charge >= 0.3 is 5.97 Å². The lowest BCUT2D eigenvalue weighted by molar-refractivity contribution is -0.134. The first-order valence-electron chi connectivity index (χ1n) is 18.0. The minimum Gasteiger partial charge on any atom is -0.427 e. The Morgan fingerprint density at radius 3 is 1.30 bits per heavy atom. The number of hydrogen-bond donors (Lipinski definition) is 0. The highest BCUT2D eigenvalue weighted by Gasteiger charge is 2.05. The number of ether oxygens (including phenoxy) is 1. The van der Waals surface area contributed by atoms with Crippen LogP contribution in [-0.2, 0) is 11.2 Å². The van der Waals surface area contributed by atoms with Crippen LogP contribution in [0.3, 0.4) is 0 Å². The second-order valence-electron chi connectivity index (χ2n) is 12.4. The second-order valence-corrected chi connectivity index (χ2v) is 12.4. The van der Waals surface area contributed by atoms with Crippen LogP contribution in [0.2, 0.25) is 0 Å². The second kappa shape index (κ2) is 26.0. The largest absolute Gasteiger partial charge is 0.427 e. The van der Waals surface area contributed by atoms with Crippen LogP contribution >= 0.6 is 0 Å². The Kier molecular flexibility index (Phi) is 22.2. The van der Waals surface area contributed by atoms with Crippen LogP contribution in [0.1, 0.15) is 167 Å². The molecule has 0 fully saturated rings. The number of carbonyl (C=O) groups is 1. The molecule has 0 saturated carbocycles. The maximum absolute atomic E-state index is 12.2. The van der Waals surface area contributed by atoms with Crippen molar-refractivity contribution in [3.05, 3.63) is 54.1 Å². The Balaban J connectivity index is 1.47. The standard InChI is InChI=1S/C39H62N2O2/c1-3-5-7-9-11-12-13-14-15-16-17-18-19-20-22-24-26-39(42)43-38-33-31-37(32-34-38)41-40-36-29-27-35(28-30-36)25-23-21-10-8-6-4-2/h27-34H,3-26H2,1-2H3. The molecule has 0 aliphatic rings. The zero-order valence-electron chi connectivity index (χ0n) is 27.8. The lowest BCUT2D eigenvalue weighted by atomic mass is 10.0. The van der Waals surface area contributed by atoms with Crippen molar-refractivity contribution in [2.45, 2.75) is 168 Å². The number of carbonyl (C=O) groups excluding carboxylic acids is 1. The third-order valence-electron chi connectivity index (χ3n) is 8.34. The van der Waals surface area contributed by atoms with Crippen LogP contribution in [0.4, 0.5) is 11.4 Å². The molecule has 0 atom stereocenters. The van der Waals surface area contributed by atoms with Gasteiger partial charge in [0, 0.05) is 6.42 Å². The van der Waals surface area contributed by atoms with Crippen molar-refractivity contribution in [2.24, 2.45) is 10.2 Å². The summed E-state index contributed by atoms with van der Waals surface area (Å²) in [4.78, 5) is 12.2. The van der Waals surface area contributed by atoms with Gasteiger partial charge in [-0.15, -0.1) is 0 Å². The monoisotopic (exact) mass is 590 g/mol. The summed E-state index contributed by atoms with van der Waals surface area (Å²) in [6.45, 7) is 4.54. The van der Waals surface area contributed by atoms with E-state index in [9.17, 15) is 4.79 Å². The molecule has 4 heteroatoms. The summed E-state index contributed by atoms with van der Waals surface area (Å²) in [6.07, 6.45) is 30.8. The summed E-state index contributed by atoms with van der Waals surface area (Å²) in [5.41, 5.74) is 2.95. The Hall–Kier alpha value is -2.49. The van der Waals surface area contributed by atoms with Crippen molar-refractivity contribution < 1.29 is 9.53 Å². The van der Waals surface area contributed by atoms with Gasteiger partial charge in [-0.25, -0.2) is 0 Å². The molecule has 43 heavy (non-hydrogen) atoms. The number of nitrogens with zero attached hydrogens (tertiary/aromatic N) is 2. The molecule has 0 radical (unpaired) electrons. The average Bonchev–Trinajstić information content (AvgIpc) is 3.03. The van der Waals surface area contributed by atoms with Crippen molar-refractivity contribution in [2.75, 3.05) is 0 Å². The Bertz CT molecular complexity index is 952. The summed E-state index contributed by atoms with van der Waals surface area (Å²) >= 11 is 0. The van der Waals surface area contributed by atoms with Gasteiger partial charge in [-0.3, -0.25) is 4.79 Å². The van der Waals surface area contributed by atoms with Gasteiger partial charge in [-0.2, -0.15) is 10.2 Å². The lowest BCUT2D eigenvalue weighted by Crippen LogP contribution is -2.07. The van der Waals surface area contributed by atoms with E-state index in [1.807, 2.05) is 24.3 Å². The van der Waals surface area contributed by atoms with Crippen molar-refractivity contribution in [3.63, 3.8) is 0 Å². The van der Waals surface area contributed by atoms with E-state index in [1.54, 1.807) is 12.1 Å². The molecule has 0 amide bonds. The highest BCUT2D eigenvalue weighted by molar-refractivity contribution is 5.72. The molecule has 2 rings (SSSR count). The van der Waals surface area contributed by atoms with Gasteiger partial charge in [0.15, 0.2) is 0 Å². The third-order valence-corrected chi connectivity index (χ3v) is 8.34. The smallest absolute Gasteiger partial charge is 0.311 e. The number of rotatable bonds is 27. The van der Waals surface area contributed by atoms with Gasteiger partial charge in [0.05, 0.1) is 11.4 Å². The molecular weight excluding hydrogens is 528 g/mol. The molecule has 0 heterocycles. The molecular formula is C39H62N2O2. The van der Waals surface area contributed by atoms with E-state index in [-0.39, 0.29) is 5.97 Å². The van der Waals surface area contributed by atoms with Gasteiger partial charge in [0.1, 0.15) is 5.75 Å². The first-order valence-corrected chi connectivity index (χ1v) is 18.0. The van der Waals surface area contributed by atoms with Gasteiger partial charge in [-0.1, -0.05) is 154 Å². The van der Waals surface area contributed by atoms with Crippen LogP contribution in [0, 0.1) is 0 Å². The summed E-state index contributed by atoms with van der Waals surface area (Å²) in [5, 5.41) is 8.70. The Labute approximate surface area is 264 Å². The predicted molar refractivity (Wildman–Crippen MR) is 184 cm³/mol. The third kappa shape index (κ3) is 20.2. The van der Waals surface area contributed by atoms with E-state index in [1.165, 1.54) is 134 Å². The van der Waals surface area contributed by atoms with Crippen molar-refractivity contribution in [1.82, 2.24) is 0 Å². The number of azo groups is 1. The van der Waals surface area contributed by atoms with Crippen LogP contribution in [0.5, 0.6) is 5.75 Å². The van der Waals surface area contributed by atoms with Gasteiger partial charge in [0.2, 0.25) is 0 Å². The van der Waals surface area contributed by atoms with Gasteiger partial charge in [-0.05, 0) is 61.2 Å². The molecule has 2 aromatic rings. The quantitative estimate of drug-likeness (QED) is 0.0450. The lowest BCUT2D eigenvalue weighted by Gasteiger charge is -2.05. The maximum Gasteiger partial charge on any atom is 0.311 e. The minimum atomic E-state index is -0.152. The molecule has 240 valence electrons. The molecule has 0 N–H and O–H groups in total. The molecule has 0 spiro atoms. The first-order chi connectivity index (χ1) is 21.2. The minimum absolute atomic E-state index is 0.152. The van der Waals surface area contributed by atoms with Crippen molar-refractivity contribution in [3.8, 4) is 5.75 Å². The highest BCUT2D eigenvalue weighted by Crippen LogP contribution is 2.23. The summed E-state index contributed by atoms with van der Waals surface area (Å²) in [6, 6.07) is 15.6. The zero-order chi connectivity index (χ0) is 30.6. The Morgan fingerprint density at radius 1 is 0.488 bits per heavy atom. The van der Waals surface area contributed by atoms with Crippen LogP contribution in [0.25, 0.3) is 0 Å². The van der Waals surface area contributed by atoms with E-state index in [0.717, 1.165) is 30.6 Å². The zero-order valence-corrected chi connectivity index (χ0v) is 27.8. The summed E-state index contributed by atoms with van der Waals surface area (Å²) in [5.74, 6) is 0.417. The van der Waals surface area contributed by atoms with E-state index in [2.05, 4.69) is 36.2 Å². The van der Waals surface area contributed by atoms with Crippen LogP contribution in [0.15, 0.2) is 58.8 Å². The molecule has 2 aromatic carbocycles. The van der Waals surface area contributed by atoms with E-state index < -0.39 is 0 Å². The molecule has 0 aliphatic heterocycles. The van der Waals surface area contributed by atoms with Gasteiger partial charge < -0.3 is 4.74 Å². The maximum atomic E-state index is 12.2. The summed E-state index contributed by atoms with van der Waals surface area (Å²) in [7, 11) is 0. The summed E-state index contributed by atoms with van der Waals surface area (Å²) < 4.78 is 5.52. The molecule has 0 unspecified atom stereocenters. The fourth-order valence-electron chi connectivity index (χ4n) is 5.53. The number of unbranched alkanes of at least 4 members (excludes halogenated alkanes) is 20. The molecule has 4 nitrogen and oxygen atoms in total. The van der Waals surface area contributed by atoms with Gasteiger partial charge in [0.25, 0.3) is 0 Å². The molecule has 0 aliphatic carbocycles. The molecule has 0 bridgehead atoms.